The van der Waals surface area contributed by atoms with E-state index in [0.717, 1.165) is 146 Å². The molecular formula is C121H241N3O15S7. The minimum Gasteiger partial charge on any atom is -0.465 e. The van der Waals surface area contributed by atoms with Crippen molar-refractivity contribution in [2.75, 3.05) is 44.8 Å². The second kappa shape index (κ2) is 102. The minimum absolute atomic E-state index is 0. The Morgan fingerprint density at radius 1 is 0.233 bits per heavy atom. The number of hydrogen-bond donors (Lipinski definition) is 3. The molecule has 146 heavy (non-hydrogen) atoms. The van der Waals surface area contributed by atoms with Crippen molar-refractivity contribution in [1.82, 2.24) is 10.6 Å². The molecule has 1 rings (SSSR count). The summed E-state index contributed by atoms with van der Waals surface area (Å²) < 4.78 is 15.9. The molecule has 7 unspecified atom stereocenters. The van der Waals surface area contributed by atoms with E-state index in [1.165, 1.54) is 12.8 Å². The van der Waals surface area contributed by atoms with Crippen LogP contribution >= 0.6 is 94.5 Å². The molecule has 3 amide bonds. The van der Waals surface area contributed by atoms with Crippen molar-refractivity contribution >= 4 is 170 Å². The number of ether oxygens (including phenoxy) is 3. The van der Waals surface area contributed by atoms with Gasteiger partial charge in [-0.2, -0.15) is 94.5 Å². The molecule has 3 N–H and O–H groups in total. The highest BCUT2D eigenvalue weighted by Gasteiger charge is 2.30. The van der Waals surface area contributed by atoms with Crippen LogP contribution in [0.25, 0.3) is 0 Å². The number of nitrogens with one attached hydrogen (secondary N) is 3. The largest absolute Gasteiger partial charge is 0.465 e. The van der Waals surface area contributed by atoms with E-state index in [9.17, 15) is 57.5 Å². The van der Waals surface area contributed by atoms with E-state index in [1.807, 2.05) is 149 Å². The summed E-state index contributed by atoms with van der Waals surface area (Å²) in [7, 11) is 0. The number of carbonyl (C=O) groups is 12. The summed E-state index contributed by atoms with van der Waals surface area (Å²) in [5, 5.41) is 8.74. The number of carbonyl (C=O) groups excluding carboxylic acids is 12. The molecule has 18 nitrogen and oxygen atoms in total. The number of amides is 3. The van der Waals surface area contributed by atoms with Gasteiger partial charge in [-0.15, -0.1) is 0 Å². The molecule has 0 aliphatic carbocycles. The predicted octanol–water partition coefficient (Wildman–Crippen LogP) is 31.4. The normalized spacial score (nSPS) is 12.5. The number of esters is 2. The quantitative estimate of drug-likeness (QED) is 0.0404. The third-order valence-corrected chi connectivity index (χ3v) is 23.7. The minimum atomic E-state index is -0.128. The van der Waals surface area contributed by atoms with E-state index in [-0.39, 0.29) is 207 Å². The van der Waals surface area contributed by atoms with E-state index in [0.29, 0.717) is 189 Å². The zero-order valence-electron chi connectivity index (χ0n) is 102. The first kappa shape index (κ1) is 170. The number of rotatable bonds is 68. The highest BCUT2D eigenvalue weighted by Crippen LogP contribution is 2.30. The van der Waals surface area contributed by atoms with E-state index in [4.69, 9.17) is 14.2 Å². The third kappa shape index (κ3) is 105. The molecule has 0 radical (unpaired) electrons. The van der Waals surface area contributed by atoms with Crippen molar-refractivity contribution in [3.63, 3.8) is 0 Å². The lowest BCUT2D eigenvalue weighted by molar-refractivity contribution is -0.145. The van der Waals surface area contributed by atoms with Crippen molar-refractivity contribution in [3.05, 3.63) is 29.8 Å². The van der Waals surface area contributed by atoms with Crippen LogP contribution in [0.3, 0.4) is 0 Å². The standard InChI is InChI=1S/C22H35NO2.2C19H36O3.C16H31NO2.C15H29NO2.C15H30O2.C15H30O.7H2S/c1-15(2)7-12-21(24)23-20-10-8-18(9-11-20)14-19(13-16(3)4)22(25)17(5)6;2*1-14(2)12-17(19(21)16(5)6)10-8-7-9-11-18(20)22-13-15(3)4;1-11(2)9-14(16(19)13(5)6)7-8-15(18)17-10-12(3)4;1-10(2)7-13(15(18)12(5)6)8-14(17)16-9-11(3)4;1-11(2)9-14(15(16)13(5)6)7-8-17-10-12(3)4;1-11(2)8-7-9-14(10-12(3)4)15(16)13(5)6;;;;;;;/h8-11,15-17,19H,7,12-14H2,1-6H3,(H,23,24);2*14-17H,7-13H2,1-6H3;11-14H,7-10H2,1-6H3,(H,17,18);10-13H,7-9H2,1-6H3,(H,16,17);11-14H,7-10H2,1-6H3;11-14H,7-10H2,1-6H3;7*1H2. The second-order valence-corrected chi connectivity index (χ2v) is 48.6. The van der Waals surface area contributed by atoms with Gasteiger partial charge in [0, 0.05) is 147 Å². The zero-order valence-corrected chi connectivity index (χ0v) is 109. The SMILES string of the molecule is CC(C)CCC(=O)Nc1ccc(CC(CC(C)C)C(=O)C(C)C)cc1.CC(C)CCCC(CC(C)C)C(=O)C(C)C.CC(C)CNC(=O)CC(CC(C)C)C(=O)C(C)C.CC(C)CNC(=O)CCC(CC(C)C)C(=O)C(C)C.CC(C)COC(=O)CCCCCC(CC(C)C)C(=O)C(C)C.CC(C)COC(=O)CCCCCC(CC(C)C)C(=O)C(C)C.CC(C)COCCC(CC(C)C)C(=O)C(C)C.S.S.S.S.S.S.S. The average Bonchev–Trinajstić information content (AvgIpc) is 0.863. The Hall–Kier alpha value is -3.33. The zero-order chi connectivity index (χ0) is 109. The summed E-state index contributed by atoms with van der Waals surface area (Å²) in [6.07, 6.45) is 23.4. The maximum atomic E-state index is 12.5. The van der Waals surface area contributed by atoms with Crippen LogP contribution in [0.5, 0.6) is 0 Å². The highest BCUT2D eigenvalue weighted by atomic mass is 32.1. The van der Waals surface area contributed by atoms with E-state index in [1.54, 1.807) is 0 Å². The Morgan fingerprint density at radius 3 is 0.795 bits per heavy atom. The Bertz CT molecular complexity index is 3310. The Labute approximate surface area is 950 Å². The van der Waals surface area contributed by atoms with Crippen molar-refractivity contribution < 1.29 is 71.7 Å². The summed E-state index contributed by atoms with van der Waals surface area (Å²) in [5.74, 6) is 11.3. The summed E-state index contributed by atoms with van der Waals surface area (Å²) in [4.78, 5) is 144. The van der Waals surface area contributed by atoms with Gasteiger partial charge in [-0.25, -0.2) is 0 Å². The van der Waals surface area contributed by atoms with Gasteiger partial charge in [0.2, 0.25) is 17.7 Å². The molecular weight excluding hydrogens is 1960 g/mol. The van der Waals surface area contributed by atoms with Gasteiger partial charge in [-0.3, -0.25) is 57.5 Å². The van der Waals surface area contributed by atoms with Gasteiger partial charge < -0.3 is 30.2 Å². The summed E-state index contributed by atoms with van der Waals surface area (Å²) >= 11 is 0. The molecule has 0 saturated heterocycles. The predicted molar refractivity (Wildman–Crippen MR) is 661 cm³/mol. The van der Waals surface area contributed by atoms with E-state index >= 15 is 0 Å². The van der Waals surface area contributed by atoms with Crippen LogP contribution in [0.2, 0.25) is 0 Å². The molecule has 7 atom stereocenters. The topological polar surface area (TPSA) is 269 Å². The molecule has 0 saturated carbocycles. The van der Waals surface area contributed by atoms with Gasteiger partial charge in [-0.05, 0) is 203 Å². The lowest BCUT2D eigenvalue weighted by Crippen LogP contribution is -2.32. The molecule has 0 fully saturated rings. The summed E-state index contributed by atoms with van der Waals surface area (Å²) in [5.41, 5.74) is 1.98. The molecule has 0 bridgehead atoms. The van der Waals surface area contributed by atoms with Gasteiger partial charge in [0.05, 0.1) is 13.2 Å². The fourth-order valence-corrected chi connectivity index (χ4v) is 16.4. The van der Waals surface area contributed by atoms with Gasteiger partial charge in [0.1, 0.15) is 40.5 Å². The number of Topliss-reactive ketones (excluding diaryl/α,β-unsaturated/α-hetero) is 7. The fraction of sp³-hybridized carbons (Fsp3) is 0.851. The second-order valence-electron chi connectivity index (χ2n) is 48.6. The molecule has 0 aliphatic heterocycles. The van der Waals surface area contributed by atoms with Crippen LogP contribution in [0.1, 0.15) is 463 Å². The number of hydrogen-bond acceptors (Lipinski definition) is 15. The van der Waals surface area contributed by atoms with Crippen LogP contribution in [0.15, 0.2) is 24.3 Å². The van der Waals surface area contributed by atoms with Gasteiger partial charge in [-0.1, -0.05) is 341 Å². The molecule has 0 heterocycles. The molecule has 0 aromatic heterocycles. The number of benzene rings is 1. The number of anilines is 1. The maximum Gasteiger partial charge on any atom is 0.305 e. The summed E-state index contributed by atoms with van der Waals surface area (Å²) in [6, 6.07) is 7.93. The first-order valence-electron chi connectivity index (χ1n) is 55.9. The Kier molecular flexibility index (Phi) is 119. The maximum absolute atomic E-state index is 12.5. The molecule has 872 valence electrons. The van der Waals surface area contributed by atoms with Gasteiger partial charge in [0.15, 0.2) is 0 Å². The third-order valence-electron chi connectivity index (χ3n) is 23.7. The lowest BCUT2D eigenvalue weighted by Gasteiger charge is -2.20. The fourth-order valence-electron chi connectivity index (χ4n) is 16.4. The smallest absolute Gasteiger partial charge is 0.305 e. The first-order chi connectivity index (χ1) is 64.3. The molecule has 1 aromatic rings. The lowest BCUT2D eigenvalue weighted by atomic mass is 9.84. The van der Waals surface area contributed by atoms with Crippen LogP contribution in [-0.2, 0) is 78.2 Å². The van der Waals surface area contributed by atoms with Crippen molar-refractivity contribution in [2.24, 2.45) is 166 Å². The van der Waals surface area contributed by atoms with Gasteiger partial charge >= 0.3 is 11.9 Å². The van der Waals surface area contributed by atoms with Crippen molar-refractivity contribution in [1.29, 1.82) is 0 Å². The molecule has 25 heteroatoms. The van der Waals surface area contributed by atoms with E-state index in [2.05, 4.69) is 182 Å². The molecule has 1 aromatic carbocycles. The molecule has 0 spiro atoms. The number of ketones is 7. The number of unbranched alkanes of at least 4 members (excludes halogenated alkanes) is 4. The summed E-state index contributed by atoms with van der Waals surface area (Å²) in [6.45, 7) is 91.2. The van der Waals surface area contributed by atoms with Crippen LogP contribution < -0.4 is 16.0 Å². The van der Waals surface area contributed by atoms with Gasteiger partial charge in [0.25, 0.3) is 0 Å². The molecule has 0 aliphatic rings. The Balaban J connectivity index is -0.000000128. The first-order valence-corrected chi connectivity index (χ1v) is 55.9. The van der Waals surface area contributed by atoms with Crippen LogP contribution in [0.4, 0.5) is 5.69 Å². The average molecular weight is 2200 g/mol. The van der Waals surface area contributed by atoms with Crippen molar-refractivity contribution in [2.45, 2.75) is 464 Å². The monoisotopic (exact) mass is 2200 g/mol. The van der Waals surface area contributed by atoms with Crippen LogP contribution in [-0.4, -0.2) is 110 Å². The van der Waals surface area contributed by atoms with Crippen molar-refractivity contribution in [3.8, 4) is 0 Å². The van der Waals surface area contributed by atoms with Crippen LogP contribution in [0, 0.1) is 166 Å². The Morgan fingerprint density at radius 2 is 0.500 bits per heavy atom. The highest BCUT2D eigenvalue weighted by molar-refractivity contribution is 7.60. The van der Waals surface area contributed by atoms with E-state index < -0.39 is 0 Å².